The third-order valence-corrected chi connectivity index (χ3v) is 8.26. The molecule has 1 heterocycles. The lowest BCUT2D eigenvalue weighted by Gasteiger charge is -2.44. The molecule has 2 aromatic carbocycles. The van der Waals surface area contributed by atoms with Gasteiger partial charge in [0.05, 0.1) is 23.8 Å². The van der Waals surface area contributed by atoms with Crippen LogP contribution >= 0.6 is 35.1 Å². The number of methoxy groups -OCH3 is 1. The first-order valence-electron chi connectivity index (χ1n) is 13.7. The minimum absolute atomic E-state index is 0.00823. The lowest BCUT2D eigenvalue weighted by atomic mass is 9.87. The third kappa shape index (κ3) is 8.26. The maximum Gasteiger partial charge on any atom is 0.264 e. The average Bonchev–Trinajstić information content (AvgIpc) is 3.74. The number of nitrogens with one attached hydrogen (secondary N) is 1. The van der Waals surface area contributed by atoms with E-state index in [9.17, 15) is 9.18 Å². The smallest absolute Gasteiger partial charge is 0.264 e. The molecule has 0 aromatic heterocycles. The number of nitrogens with zero attached hydrogens (tertiary/aromatic N) is 1. The zero-order valence-electron chi connectivity index (χ0n) is 23.8. The predicted molar refractivity (Wildman–Crippen MR) is 161 cm³/mol. The Bertz CT molecular complexity index is 1100. The van der Waals surface area contributed by atoms with Gasteiger partial charge in [-0.2, -0.15) is 0 Å². The number of amides is 1. The molecule has 1 saturated heterocycles. The number of likely N-dealkylation sites (tertiary alicyclic amines) is 1. The first kappa shape index (κ1) is 32.0. The number of rotatable bonds is 10. The molecule has 1 unspecified atom stereocenters. The number of benzene rings is 2. The molecule has 2 aliphatic rings. The van der Waals surface area contributed by atoms with E-state index in [1.807, 2.05) is 26.0 Å². The number of piperidine rings is 1. The van der Waals surface area contributed by atoms with Crippen LogP contribution in [0.3, 0.4) is 0 Å². The highest BCUT2D eigenvalue weighted by Crippen LogP contribution is 2.45. The molecule has 2 fully saturated rings. The summed E-state index contributed by atoms with van der Waals surface area (Å²) in [5.74, 6) is 0.279. The molecule has 0 bridgehead atoms. The van der Waals surface area contributed by atoms with Gasteiger partial charge in [0.25, 0.3) is 5.91 Å². The van der Waals surface area contributed by atoms with Crippen molar-refractivity contribution in [3.63, 3.8) is 0 Å². The van der Waals surface area contributed by atoms with Gasteiger partial charge in [0, 0.05) is 29.5 Å². The second-order valence-electron chi connectivity index (χ2n) is 10.5. The van der Waals surface area contributed by atoms with Crippen molar-refractivity contribution in [1.82, 2.24) is 9.62 Å². The third-order valence-electron chi connectivity index (χ3n) is 7.43. The molecule has 4 rings (SSSR count). The molecule has 1 amide bonds. The molecule has 1 saturated carbocycles. The van der Waals surface area contributed by atoms with Crippen molar-refractivity contribution in [2.24, 2.45) is 5.92 Å². The zero-order chi connectivity index (χ0) is 28.7. The van der Waals surface area contributed by atoms with E-state index in [1.54, 1.807) is 25.5 Å². The Labute approximate surface area is 247 Å². The minimum atomic E-state index is -0.550. The molecule has 216 valence electrons. The monoisotopic (exact) mass is 598 g/mol. The van der Waals surface area contributed by atoms with Crippen LogP contribution in [-0.2, 0) is 4.74 Å². The number of hydrogen-bond acceptors (Lipinski definition) is 5. The van der Waals surface area contributed by atoms with Crippen LogP contribution in [0.5, 0.6) is 5.75 Å². The summed E-state index contributed by atoms with van der Waals surface area (Å²) in [4.78, 5) is 14.7. The predicted octanol–water partition coefficient (Wildman–Crippen LogP) is 8.30. The molecule has 2 aromatic rings. The fraction of sp³-hybridized carbons (Fsp3) is 0.567. The van der Waals surface area contributed by atoms with E-state index in [-0.39, 0.29) is 11.6 Å². The Balaban J connectivity index is 0.00000205. The molecule has 1 aliphatic carbocycles. The molecule has 0 radical (unpaired) electrons. The van der Waals surface area contributed by atoms with Crippen molar-refractivity contribution in [3.05, 3.63) is 62.9 Å². The summed E-state index contributed by atoms with van der Waals surface area (Å²) in [5, 5.41) is 1.22. The van der Waals surface area contributed by atoms with Crippen LogP contribution in [0, 0.1) is 11.7 Å². The van der Waals surface area contributed by atoms with Crippen LogP contribution in [0.25, 0.3) is 0 Å². The van der Waals surface area contributed by atoms with Crippen molar-refractivity contribution in [2.75, 3.05) is 33.1 Å². The topological polar surface area (TPSA) is 50.8 Å². The maximum absolute atomic E-state index is 14.8. The first-order chi connectivity index (χ1) is 18.6. The van der Waals surface area contributed by atoms with Gasteiger partial charge in [0.2, 0.25) is 0 Å². The van der Waals surface area contributed by atoms with Gasteiger partial charge < -0.3 is 9.47 Å². The van der Waals surface area contributed by atoms with Crippen LogP contribution in [0.1, 0.15) is 86.8 Å². The molecule has 1 N–H and O–H groups in total. The van der Waals surface area contributed by atoms with Crippen LogP contribution < -0.4 is 9.46 Å². The quantitative estimate of drug-likeness (QED) is 0.279. The van der Waals surface area contributed by atoms with E-state index in [2.05, 4.69) is 23.5 Å². The Morgan fingerprint density at radius 2 is 1.72 bits per heavy atom. The van der Waals surface area contributed by atoms with Crippen molar-refractivity contribution in [3.8, 4) is 5.75 Å². The standard InChI is InChI=1S/C28H35Cl2FN2O3S.C2H6/c1-28(2,35-3)26(19-11-20(29)13-21(30)12-19)33-9-7-17(8-10-33)16-36-25-15-24(31)23(27(34)32-37-4)14-22(25)18-5-6-18;1-2/h11-15,17-18,26H,5-10,16H2,1-4H3,(H,32,34);1-2H3. The molecule has 5 nitrogen and oxygen atoms in total. The number of ether oxygens (including phenoxy) is 2. The van der Waals surface area contributed by atoms with Crippen LogP contribution in [-0.4, -0.2) is 49.5 Å². The number of hydrogen-bond donors (Lipinski definition) is 1. The number of carbonyl (C=O) groups excluding carboxylic acids is 1. The van der Waals surface area contributed by atoms with Crippen molar-refractivity contribution >= 4 is 41.1 Å². The summed E-state index contributed by atoms with van der Waals surface area (Å²) in [6.07, 6.45) is 5.70. The van der Waals surface area contributed by atoms with Crippen LogP contribution in [0.2, 0.25) is 10.0 Å². The van der Waals surface area contributed by atoms with Gasteiger partial charge >= 0.3 is 0 Å². The maximum atomic E-state index is 14.8. The van der Waals surface area contributed by atoms with Crippen molar-refractivity contribution in [2.45, 2.75) is 70.9 Å². The molecule has 0 spiro atoms. The number of halogens is 3. The average molecular weight is 600 g/mol. The Kier molecular flexibility index (Phi) is 11.8. The van der Waals surface area contributed by atoms with Crippen LogP contribution in [0.4, 0.5) is 4.39 Å². The minimum Gasteiger partial charge on any atom is -0.493 e. The van der Waals surface area contributed by atoms with E-state index in [0.717, 1.165) is 61.8 Å². The zero-order valence-corrected chi connectivity index (χ0v) is 26.1. The molecule has 39 heavy (non-hydrogen) atoms. The van der Waals surface area contributed by atoms with Gasteiger partial charge in [0.1, 0.15) is 11.6 Å². The molecular formula is C30H41Cl2FN2O3S. The van der Waals surface area contributed by atoms with E-state index in [0.29, 0.717) is 34.2 Å². The van der Waals surface area contributed by atoms with E-state index >= 15 is 0 Å². The van der Waals surface area contributed by atoms with E-state index in [4.69, 9.17) is 32.7 Å². The fourth-order valence-electron chi connectivity index (χ4n) is 5.21. The summed E-state index contributed by atoms with van der Waals surface area (Å²) < 4.78 is 29.5. The SMILES string of the molecule is CC.COC(C)(C)C(c1cc(Cl)cc(Cl)c1)N1CCC(COc2cc(F)c(C(=O)NSC)cc2C2CC2)CC1. The van der Waals surface area contributed by atoms with Crippen molar-refractivity contribution in [1.29, 1.82) is 0 Å². The van der Waals surface area contributed by atoms with Crippen molar-refractivity contribution < 1.29 is 18.7 Å². The summed E-state index contributed by atoms with van der Waals surface area (Å²) in [6, 6.07) is 8.72. The fourth-order valence-corrected chi connectivity index (χ4v) is 6.05. The highest BCUT2D eigenvalue weighted by atomic mass is 35.5. The van der Waals surface area contributed by atoms with E-state index < -0.39 is 17.3 Å². The summed E-state index contributed by atoms with van der Waals surface area (Å²) >= 11 is 13.8. The van der Waals surface area contributed by atoms with Gasteiger partial charge in [0.15, 0.2) is 0 Å². The molecule has 1 atom stereocenters. The largest absolute Gasteiger partial charge is 0.493 e. The van der Waals surface area contributed by atoms with Crippen LogP contribution in [0.15, 0.2) is 30.3 Å². The van der Waals surface area contributed by atoms with Gasteiger partial charge in [-0.3, -0.25) is 14.4 Å². The summed E-state index contributed by atoms with van der Waals surface area (Å²) in [7, 11) is 1.73. The molecule has 9 heteroatoms. The highest BCUT2D eigenvalue weighted by Gasteiger charge is 2.38. The first-order valence-corrected chi connectivity index (χ1v) is 15.7. The Hall–Kier alpha value is -1.51. The number of carbonyl (C=O) groups is 1. The van der Waals surface area contributed by atoms with Gasteiger partial charge in [-0.15, -0.1) is 0 Å². The summed E-state index contributed by atoms with van der Waals surface area (Å²) in [5.41, 5.74) is 1.60. The molecule has 1 aliphatic heterocycles. The highest BCUT2D eigenvalue weighted by molar-refractivity contribution is 7.97. The van der Waals surface area contributed by atoms with E-state index in [1.165, 1.54) is 6.07 Å². The lowest BCUT2D eigenvalue weighted by molar-refractivity contribution is -0.0644. The Morgan fingerprint density at radius 1 is 1.10 bits per heavy atom. The van der Waals surface area contributed by atoms with Gasteiger partial charge in [-0.25, -0.2) is 4.39 Å². The van der Waals surface area contributed by atoms with Gasteiger partial charge in [-0.05, 0) is 99.8 Å². The summed E-state index contributed by atoms with van der Waals surface area (Å²) in [6.45, 7) is 10.4. The second-order valence-corrected chi connectivity index (χ2v) is 12.0. The second kappa shape index (κ2) is 14.4. The lowest BCUT2D eigenvalue weighted by Crippen LogP contribution is -2.47. The molecular weight excluding hydrogens is 558 g/mol. The Morgan fingerprint density at radius 3 is 2.26 bits per heavy atom. The van der Waals surface area contributed by atoms with Gasteiger partial charge in [-0.1, -0.05) is 49.0 Å². The normalized spacial score (nSPS) is 17.3.